The molecule has 1 aliphatic heterocycles. The molecular weight excluding hydrogens is 381 g/mol. The van der Waals surface area contributed by atoms with Crippen molar-refractivity contribution < 1.29 is 23.1 Å². The number of rotatable bonds is 3. The number of amides is 1. The number of hydrogen-bond acceptors (Lipinski definition) is 3. The molecule has 0 spiro atoms. The summed E-state index contributed by atoms with van der Waals surface area (Å²) in [5, 5.41) is 10.8. The van der Waals surface area contributed by atoms with Gasteiger partial charge in [-0.25, -0.2) is 0 Å². The Hall–Kier alpha value is -2.38. The third kappa shape index (κ3) is 3.13. The molecule has 1 aliphatic carbocycles. The van der Waals surface area contributed by atoms with Crippen molar-refractivity contribution in [3.05, 3.63) is 59.2 Å². The van der Waals surface area contributed by atoms with Crippen molar-refractivity contribution in [2.24, 2.45) is 0 Å². The Morgan fingerprint density at radius 1 is 1.21 bits per heavy atom. The average molecular weight is 404 g/mol. The van der Waals surface area contributed by atoms with E-state index in [0.29, 0.717) is 29.8 Å². The molecule has 29 heavy (non-hydrogen) atoms. The summed E-state index contributed by atoms with van der Waals surface area (Å²) in [6.45, 7) is 3.44. The molecule has 1 heterocycles. The minimum atomic E-state index is -4.82. The number of benzene rings is 2. The SMILES string of the molecule is CC(=O)N(C)C1CCN(Cc2ccc3c(c2)C(O)(C(F)(F)F)c2ccccc2-3)C1. The molecule has 2 aromatic rings. The molecule has 2 atom stereocenters. The van der Waals surface area contributed by atoms with Crippen LogP contribution in [-0.2, 0) is 16.9 Å². The molecular formula is C22H23F3N2O2. The average Bonchev–Trinajstić information content (AvgIpc) is 3.23. The lowest BCUT2D eigenvalue weighted by molar-refractivity contribution is -0.246. The van der Waals surface area contributed by atoms with E-state index >= 15 is 0 Å². The molecule has 4 rings (SSSR count). The Balaban J connectivity index is 1.64. The molecule has 2 aromatic carbocycles. The fraction of sp³-hybridized carbons (Fsp3) is 0.409. The zero-order valence-corrected chi connectivity index (χ0v) is 16.3. The van der Waals surface area contributed by atoms with Crippen molar-refractivity contribution in [2.75, 3.05) is 20.1 Å². The maximum absolute atomic E-state index is 14.0. The molecule has 1 amide bonds. The first-order chi connectivity index (χ1) is 13.6. The van der Waals surface area contributed by atoms with Gasteiger partial charge in [0.25, 0.3) is 0 Å². The van der Waals surface area contributed by atoms with E-state index in [4.69, 9.17) is 0 Å². The van der Waals surface area contributed by atoms with Crippen LogP contribution < -0.4 is 0 Å². The Bertz CT molecular complexity index is 959. The quantitative estimate of drug-likeness (QED) is 0.852. The first-order valence-corrected chi connectivity index (χ1v) is 9.61. The molecule has 0 bridgehead atoms. The van der Waals surface area contributed by atoms with E-state index in [9.17, 15) is 23.1 Å². The van der Waals surface area contributed by atoms with Gasteiger partial charge in [0, 0.05) is 50.8 Å². The highest BCUT2D eigenvalue weighted by Crippen LogP contribution is 2.55. The van der Waals surface area contributed by atoms with Gasteiger partial charge >= 0.3 is 6.18 Å². The van der Waals surface area contributed by atoms with Crippen LogP contribution >= 0.6 is 0 Å². The van der Waals surface area contributed by atoms with E-state index in [0.717, 1.165) is 13.0 Å². The van der Waals surface area contributed by atoms with Gasteiger partial charge in [-0.05, 0) is 23.1 Å². The molecule has 154 valence electrons. The van der Waals surface area contributed by atoms with Crippen LogP contribution in [0.2, 0.25) is 0 Å². The van der Waals surface area contributed by atoms with Crippen LogP contribution in [0.15, 0.2) is 42.5 Å². The van der Waals surface area contributed by atoms with Gasteiger partial charge in [-0.3, -0.25) is 9.69 Å². The van der Waals surface area contributed by atoms with Gasteiger partial charge in [-0.2, -0.15) is 13.2 Å². The Kier molecular flexibility index (Phi) is 4.70. The molecule has 2 aliphatic rings. The molecule has 2 unspecified atom stereocenters. The second kappa shape index (κ2) is 6.85. The third-order valence-electron chi connectivity index (χ3n) is 6.19. The maximum Gasteiger partial charge on any atom is 0.425 e. The monoisotopic (exact) mass is 404 g/mol. The number of carbonyl (C=O) groups is 1. The number of hydrogen-bond donors (Lipinski definition) is 1. The zero-order chi connectivity index (χ0) is 21.0. The lowest BCUT2D eigenvalue weighted by atomic mass is 9.90. The summed E-state index contributed by atoms with van der Waals surface area (Å²) in [5.41, 5.74) is -1.69. The fourth-order valence-corrected chi connectivity index (χ4v) is 4.50. The summed E-state index contributed by atoms with van der Waals surface area (Å²) < 4.78 is 41.9. The van der Waals surface area contributed by atoms with Gasteiger partial charge in [0.1, 0.15) is 0 Å². The normalized spacial score (nSPS) is 23.7. The highest BCUT2D eigenvalue weighted by atomic mass is 19.4. The van der Waals surface area contributed by atoms with Crippen LogP contribution in [0.1, 0.15) is 30.0 Å². The first kappa shape index (κ1) is 19.9. The topological polar surface area (TPSA) is 43.8 Å². The molecule has 0 radical (unpaired) electrons. The van der Waals surface area contributed by atoms with Crippen LogP contribution in [0.3, 0.4) is 0 Å². The number of alkyl halides is 3. The molecule has 1 saturated heterocycles. The Morgan fingerprint density at radius 2 is 1.90 bits per heavy atom. The lowest BCUT2D eigenvalue weighted by Gasteiger charge is -2.29. The van der Waals surface area contributed by atoms with Gasteiger partial charge in [0.05, 0.1) is 0 Å². The van der Waals surface area contributed by atoms with Gasteiger partial charge in [-0.1, -0.05) is 42.5 Å². The van der Waals surface area contributed by atoms with Crippen molar-refractivity contribution in [2.45, 2.75) is 37.7 Å². The van der Waals surface area contributed by atoms with E-state index in [1.807, 2.05) is 6.07 Å². The molecule has 0 saturated carbocycles. The van der Waals surface area contributed by atoms with Crippen LogP contribution in [-0.4, -0.2) is 53.2 Å². The number of aliphatic hydroxyl groups is 1. The summed E-state index contributed by atoms with van der Waals surface area (Å²) in [6.07, 6.45) is -3.99. The minimum Gasteiger partial charge on any atom is -0.372 e. The molecule has 4 nitrogen and oxygen atoms in total. The van der Waals surface area contributed by atoms with E-state index < -0.39 is 11.8 Å². The van der Waals surface area contributed by atoms with Gasteiger partial charge in [0.15, 0.2) is 0 Å². The fourth-order valence-electron chi connectivity index (χ4n) is 4.50. The third-order valence-corrected chi connectivity index (χ3v) is 6.19. The minimum absolute atomic E-state index is 0.00221. The van der Waals surface area contributed by atoms with Crippen molar-refractivity contribution in [3.8, 4) is 11.1 Å². The number of halogens is 3. The number of carbonyl (C=O) groups excluding carboxylic acids is 1. The largest absolute Gasteiger partial charge is 0.425 e. The van der Waals surface area contributed by atoms with Crippen molar-refractivity contribution in [1.82, 2.24) is 9.80 Å². The molecule has 1 N–H and O–H groups in total. The van der Waals surface area contributed by atoms with Gasteiger partial charge < -0.3 is 10.0 Å². The second-order valence-electron chi connectivity index (χ2n) is 7.94. The predicted molar refractivity (Wildman–Crippen MR) is 103 cm³/mol. The maximum atomic E-state index is 14.0. The van der Waals surface area contributed by atoms with Crippen molar-refractivity contribution in [1.29, 1.82) is 0 Å². The van der Waals surface area contributed by atoms with Crippen LogP contribution in [0, 0.1) is 0 Å². The van der Waals surface area contributed by atoms with E-state index in [-0.39, 0.29) is 23.1 Å². The predicted octanol–water partition coefficient (Wildman–Crippen LogP) is 3.52. The number of likely N-dealkylation sites (N-methyl/N-ethyl adjacent to an activating group) is 1. The zero-order valence-electron chi connectivity index (χ0n) is 16.3. The summed E-state index contributed by atoms with van der Waals surface area (Å²) in [6, 6.07) is 11.2. The Labute approximate surface area is 167 Å². The highest BCUT2D eigenvalue weighted by molar-refractivity contribution is 5.81. The van der Waals surface area contributed by atoms with E-state index in [2.05, 4.69) is 4.90 Å². The Morgan fingerprint density at radius 3 is 2.59 bits per heavy atom. The number of likely N-dealkylation sites (tertiary alicyclic amines) is 1. The van der Waals surface area contributed by atoms with Crippen LogP contribution in [0.4, 0.5) is 13.2 Å². The summed E-state index contributed by atoms with van der Waals surface area (Å²) in [7, 11) is 1.77. The van der Waals surface area contributed by atoms with Crippen molar-refractivity contribution in [3.63, 3.8) is 0 Å². The smallest absolute Gasteiger partial charge is 0.372 e. The second-order valence-corrected chi connectivity index (χ2v) is 7.94. The van der Waals surface area contributed by atoms with Gasteiger partial charge in [-0.15, -0.1) is 0 Å². The van der Waals surface area contributed by atoms with E-state index in [1.165, 1.54) is 25.1 Å². The van der Waals surface area contributed by atoms with Crippen molar-refractivity contribution >= 4 is 5.91 Å². The summed E-state index contributed by atoms with van der Waals surface area (Å²) >= 11 is 0. The summed E-state index contributed by atoms with van der Waals surface area (Å²) in [5.74, 6) is 0.00221. The van der Waals surface area contributed by atoms with E-state index in [1.54, 1.807) is 30.1 Å². The molecule has 1 fully saturated rings. The number of fused-ring (bicyclic) bond motifs is 3. The first-order valence-electron chi connectivity index (χ1n) is 9.61. The standard InChI is InChI=1S/C22H23F3N2O2/c1-14(28)26(2)16-9-10-27(13-16)12-15-7-8-18-17-5-3-4-6-19(17)21(29,20(18)11-15)22(23,24)25/h3-8,11,16,29H,9-10,12-13H2,1-2H3. The molecule has 7 heteroatoms. The van der Waals surface area contributed by atoms with Crippen LogP contribution in [0.5, 0.6) is 0 Å². The van der Waals surface area contributed by atoms with Gasteiger partial charge in [0.2, 0.25) is 11.5 Å². The molecule has 0 aromatic heterocycles. The summed E-state index contributed by atoms with van der Waals surface area (Å²) in [4.78, 5) is 15.4. The van der Waals surface area contributed by atoms with Crippen LogP contribution in [0.25, 0.3) is 11.1 Å². The number of nitrogens with zero attached hydrogens (tertiary/aromatic N) is 2. The lowest BCUT2D eigenvalue weighted by Crippen LogP contribution is -2.41. The highest BCUT2D eigenvalue weighted by Gasteiger charge is 2.60.